The molecular weight excluding hydrogens is 256 g/mol. The average molecular weight is 276 g/mol. The summed E-state index contributed by atoms with van der Waals surface area (Å²) in [4.78, 5) is 13.2. The number of aromatic nitrogens is 4. The van der Waals surface area contributed by atoms with Crippen molar-refractivity contribution in [2.75, 3.05) is 19.8 Å². The minimum Gasteiger partial charge on any atom is -0.381 e. The molecule has 0 radical (unpaired) electrons. The summed E-state index contributed by atoms with van der Waals surface area (Å²) in [5.74, 6) is 0. The van der Waals surface area contributed by atoms with Crippen LogP contribution in [0.5, 0.6) is 0 Å². The second-order valence-electron chi connectivity index (χ2n) is 4.91. The summed E-state index contributed by atoms with van der Waals surface area (Å²) in [6.45, 7) is 4.19. The van der Waals surface area contributed by atoms with E-state index in [1.807, 2.05) is 17.8 Å². The fourth-order valence-electron chi connectivity index (χ4n) is 2.55. The number of rotatable bonds is 5. The van der Waals surface area contributed by atoms with E-state index in [9.17, 15) is 0 Å². The molecule has 6 nitrogen and oxygen atoms in total. The van der Waals surface area contributed by atoms with Gasteiger partial charge in [0.25, 0.3) is 0 Å². The van der Waals surface area contributed by atoms with Gasteiger partial charge in [-0.2, -0.15) is 0 Å². The lowest BCUT2D eigenvalue weighted by molar-refractivity contribution is -0.0298. The molecule has 3 rings (SSSR count). The number of ether oxygens (including phenoxy) is 2. The largest absolute Gasteiger partial charge is 0.381 e. The van der Waals surface area contributed by atoms with Gasteiger partial charge in [0.1, 0.15) is 18.1 Å². The molecule has 1 fully saturated rings. The Hall–Kier alpha value is -1.53. The van der Waals surface area contributed by atoms with Crippen LogP contribution in [0.25, 0.3) is 11.2 Å². The Bertz CT molecular complexity index is 563. The molecule has 0 amide bonds. The predicted molar refractivity (Wildman–Crippen MR) is 74.4 cm³/mol. The van der Waals surface area contributed by atoms with E-state index in [0.717, 1.165) is 49.3 Å². The molecule has 108 valence electrons. The molecule has 1 saturated heterocycles. The number of hydrogen-bond donors (Lipinski definition) is 0. The van der Waals surface area contributed by atoms with Crippen LogP contribution in [0.1, 0.15) is 38.1 Å². The molecule has 1 unspecified atom stereocenters. The molecule has 0 bridgehead atoms. The van der Waals surface area contributed by atoms with Gasteiger partial charge in [0.2, 0.25) is 0 Å². The standard InChI is InChI=1S/C14H20N4O2/c1-2-19-8-6-11-13-14(16-9-15-11)18(10-17-13)12-5-3-4-7-20-12/h9-10,12H,2-8H2,1H3. The highest BCUT2D eigenvalue weighted by atomic mass is 16.5. The van der Waals surface area contributed by atoms with Crippen LogP contribution >= 0.6 is 0 Å². The van der Waals surface area contributed by atoms with Crippen molar-refractivity contribution in [1.82, 2.24) is 19.5 Å². The molecule has 0 saturated carbocycles. The minimum absolute atomic E-state index is 0.0587. The highest BCUT2D eigenvalue weighted by Crippen LogP contribution is 2.26. The predicted octanol–water partition coefficient (Wildman–Crippen LogP) is 2.10. The summed E-state index contributed by atoms with van der Waals surface area (Å²) in [5, 5.41) is 0. The van der Waals surface area contributed by atoms with Crippen LogP contribution in [0.15, 0.2) is 12.7 Å². The number of nitrogens with zero attached hydrogens (tertiary/aromatic N) is 4. The van der Waals surface area contributed by atoms with Gasteiger partial charge in [-0.15, -0.1) is 0 Å². The van der Waals surface area contributed by atoms with E-state index < -0.39 is 0 Å². The van der Waals surface area contributed by atoms with Crippen molar-refractivity contribution in [3.63, 3.8) is 0 Å². The Morgan fingerprint density at radius 2 is 2.30 bits per heavy atom. The number of hydrogen-bond acceptors (Lipinski definition) is 5. The highest BCUT2D eigenvalue weighted by Gasteiger charge is 2.19. The molecule has 1 aliphatic rings. The van der Waals surface area contributed by atoms with Gasteiger partial charge in [-0.3, -0.25) is 4.57 Å². The first-order chi connectivity index (χ1) is 9.90. The second kappa shape index (κ2) is 6.28. The molecule has 0 N–H and O–H groups in total. The van der Waals surface area contributed by atoms with E-state index in [-0.39, 0.29) is 6.23 Å². The number of imidazole rings is 1. The van der Waals surface area contributed by atoms with Crippen LogP contribution in [0.3, 0.4) is 0 Å². The van der Waals surface area contributed by atoms with E-state index in [1.165, 1.54) is 6.42 Å². The summed E-state index contributed by atoms with van der Waals surface area (Å²) in [6.07, 6.45) is 7.58. The molecule has 1 atom stereocenters. The topological polar surface area (TPSA) is 62.1 Å². The minimum atomic E-state index is 0.0587. The third-order valence-electron chi connectivity index (χ3n) is 3.59. The Kier molecular flexibility index (Phi) is 4.22. The van der Waals surface area contributed by atoms with Crippen molar-refractivity contribution in [2.24, 2.45) is 0 Å². The van der Waals surface area contributed by atoms with Crippen molar-refractivity contribution in [1.29, 1.82) is 0 Å². The third kappa shape index (κ3) is 2.66. The Morgan fingerprint density at radius 3 is 3.10 bits per heavy atom. The van der Waals surface area contributed by atoms with Gasteiger partial charge in [0.15, 0.2) is 5.65 Å². The molecule has 20 heavy (non-hydrogen) atoms. The molecule has 2 aromatic rings. The van der Waals surface area contributed by atoms with Crippen molar-refractivity contribution >= 4 is 11.2 Å². The quantitative estimate of drug-likeness (QED) is 0.783. The molecule has 0 spiro atoms. The van der Waals surface area contributed by atoms with E-state index in [2.05, 4.69) is 15.0 Å². The fraction of sp³-hybridized carbons (Fsp3) is 0.643. The van der Waals surface area contributed by atoms with Gasteiger partial charge in [-0.1, -0.05) is 0 Å². The van der Waals surface area contributed by atoms with Crippen LogP contribution in [-0.4, -0.2) is 39.3 Å². The average Bonchev–Trinajstić information content (AvgIpc) is 2.93. The SMILES string of the molecule is CCOCCc1ncnc2c1ncn2C1CCCCO1. The van der Waals surface area contributed by atoms with Gasteiger partial charge in [-0.05, 0) is 26.2 Å². The maximum absolute atomic E-state index is 5.81. The Balaban J connectivity index is 1.86. The monoisotopic (exact) mass is 276 g/mol. The lowest BCUT2D eigenvalue weighted by Gasteiger charge is -2.23. The van der Waals surface area contributed by atoms with Crippen molar-refractivity contribution in [2.45, 2.75) is 38.8 Å². The van der Waals surface area contributed by atoms with Crippen molar-refractivity contribution in [3.8, 4) is 0 Å². The molecule has 0 aliphatic carbocycles. The normalized spacial score (nSPS) is 19.6. The smallest absolute Gasteiger partial charge is 0.165 e. The molecule has 6 heteroatoms. The first-order valence-corrected chi connectivity index (χ1v) is 7.26. The second-order valence-corrected chi connectivity index (χ2v) is 4.91. The summed E-state index contributed by atoms with van der Waals surface area (Å²) in [7, 11) is 0. The van der Waals surface area contributed by atoms with Crippen molar-refractivity contribution in [3.05, 3.63) is 18.3 Å². The summed E-state index contributed by atoms with van der Waals surface area (Å²) < 4.78 is 13.2. The zero-order chi connectivity index (χ0) is 13.8. The van der Waals surface area contributed by atoms with Crippen LogP contribution in [-0.2, 0) is 15.9 Å². The first-order valence-electron chi connectivity index (χ1n) is 7.26. The molecule has 2 aromatic heterocycles. The third-order valence-corrected chi connectivity index (χ3v) is 3.59. The Morgan fingerprint density at radius 1 is 1.35 bits per heavy atom. The fourth-order valence-corrected chi connectivity index (χ4v) is 2.55. The van der Waals surface area contributed by atoms with Gasteiger partial charge in [0, 0.05) is 19.6 Å². The maximum Gasteiger partial charge on any atom is 0.165 e. The van der Waals surface area contributed by atoms with E-state index >= 15 is 0 Å². The lowest BCUT2D eigenvalue weighted by atomic mass is 10.2. The zero-order valence-corrected chi connectivity index (χ0v) is 11.8. The van der Waals surface area contributed by atoms with Crippen LogP contribution in [0, 0.1) is 0 Å². The molecule has 3 heterocycles. The van der Waals surface area contributed by atoms with Crippen LogP contribution < -0.4 is 0 Å². The Labute approximate surface area is 118 Å². The van der Waals surface area contributed by atoms with Gasteiger partial charge >= 0.3 is 0 Å². The van der Waals surface area contributed by atoms with E-state index in [4.69, 9.17) is 9.47 Å². The van der Waals surface area contributed by atoms with Crippen molar-refractivity contribution < 1.29 is 9.47 Å². The van der Waals surface area contributed by atoms with Crippen LogP contribution in [0.4, 0.5) is 0 Å². The molecule has 0 aromatic carbocycles. The van der Waals surface area contributed by atoms with E-state index in [1.54, 1.807) is 6.33 Å². The lowest BCUT2D eigenvalue weighted by Crippen LogP contribution is -2.17. The summed E-state index contributed by atoms with van der Waals surface area (Å²) in [5.41, 5.74) is 2.66. The summed E-state index contributed by atoms with van der Waals surface area (Å²) >= 11 is 0. The zero-order valence-electron chi connectivity index (χ0n) is 11.8. The van der Waals surface area contributed by atoms with Gasteiger partial charge in [0.05, 0.1) is 18.6 Å². The molecular formula is C14H20N4O2. The van der Waals surface area contributed by atoms with Crippen LogP contribution in [0.2, 0.25) is 0 Å². The first kappa shape index (κ1) is 13.5. The number of fused-ring (bicyclic) bond motifs is 1. The maximum atomic E-state index is 5.81. The highest BCUT2D eigenvalue weighted by molar-refractivity contribution is 5.73. The molecule has 1 aliphatic heterocycles. The van der Waals surface area contributed by atoms with Gasteiger partial charge in [-0.25, -0.2) is 15.0 Å². The van der Waals surface area contributed by atoms with E-state index in [0.29, 0.717) is 6.61 Å². The summed E-state index contributed by atoms with van der Waals surface area (Å²) in [6, 6.07) is 0. The van der Waals surface area contributed by atoms with Gasteiger partial charge < -0.3 is 9.47 Å².